The number of nitrogens with one attached hydrogen (secondary N) is 1. The zero-order chi connectivity index (χ0) is 14.7. The molecule has 2 aromatic carbocycles. The molecule has 0 aromatic heterocycles. The molecule has 0 aliphatic carbocycles. The van der Waals surface area contributed by atoms with E-state index in [-0.39, 0.29) is 17.0 Å². The van der Waals surface area contributed by atoms with Gasteiger partial charge < -0.3 is 5.32 Å². The second-order valence-corrected chi connectivity index (χ2v) is 4.81. The van der Waals surface area contributed by atoms with E-state index in [0.717, 1.165) is 6.07 Å². The molecule has 2 rings (SSSR count). The summed E-state index contributed by atoms with van der Waals surface area (Å²) >= 11 is 5.71. The molecule has 20 heavy (non-hydrogen) atoms. The number of hydrogen-bond donors (Lipinski definition) is 1. The van der Waals surface area contributed by atoms with E-state index in [2.05, 4.69) is 5.32 Å². The summed E-state index contributed by atoms with van der Waals surface area (Å²) in [7, 11) is 1.61. The predicted molar refractivity (Wildman–Crippen MR) is 73.3 cm³/mol. The summed E-state index contributed by atoms with van der Waals surface area (Å²) in [6.45, 7) is 0. The molecule has 2 aromatic rings. The first-order valence-electron chi connectivity index (χ1n) is 6.08. The lowest BCUT2D eigenvalue weighted by Crippen LogP contribution is -2.21. The van der Waals surface area contributed by atoms with Crippen molar-refractivity contribution in [3.8, 4) is 0 Å². The van der Waals surface area contributed by atoms with Crippen LogP contribution in [-0.4, -0.2) is 7.05 Å². The van der Waals surface area contributed by atoms with Crippen LogP contribution in [0.1, 0.15) is 17.2 Å². The van der Waals surface area contributed by atoms with Gasteiger partial charge in [0.2, 0.25) is 0 Å². The topological polar surface area (TPSA) is 12.0 Å². The molecule has 1 unspecified atom stereocenters. The fourth-order valence-electron chi connectivity index (χ4n) is 2.08. The van der Waals surface area contributed by atoms with Crippen LogP contribution in [0.4, 0.5) is 13.2 Å². The van der Waals surface area contributed by atoms with Crippen molar-refractivity contribution in [2.75, 3.05) is 7.05 Å². The highest BCUT2D eigenvalue weighted by atomic mass is 35.5. The molecule has 0 spiro atoms. The summed E-state index contributed by atoms with van der Waals surface area (Å²) in [5, 5.41) is 2.88. The van der Waals surface area contributed by atoms with E-state index < -0.39 is 23.5 Å². The van der Waals surface area contributed by atoms with Gasteiger partial charge in [-0.05, 0) is 31.2 Å². The van der Waals surface area contributed by atoms with Crippen molar-refractivity contribution < 1.29 is 13.2 Å². The molecule has 5 heteroatoms. The van der Waals surface area contributed by atoms with Gasteiger partial charge in [-0.25, -0.2) is 13.2 Å². The molecule has 1 N–H and O–H groups in total. The fraction of sp³-hybridized carbons (Fsp3) is 0.200. The maximum Gasteiger partial charge on any atom is 0.163 e. The monoisotopic (exact) mass is 299 g/mol. The van der Waals surface area contributed by atoms with Crippen LogP contribution in [0.25, 0.3) is 0 Å². The Morgan fingerprint density at radius 2 is 1.75 bits per heavy atom. The average Bonchev–Trinajstić information content (AvgIpc) is 2.44. The van der Waals surface area contributed by atoms with E-state index in [0.29, 0.717) is 5.56 Å². The summed E-state index contributed by atoms with van der Waals surface area (Å²) < 4.78 is 40.9. The van der Waals surface area contributed by atoms with Crippen LogP contribution in [0.2, 0.25) is 5.02 Å². The van der Waals surface area contributed by atoms with Gasteiger partial charge >= 0.3 is 0 Å². The Bertz CT molecular complexity index is 616. The Labute approximate surface area is 120 Å². The second kappa shape index (κ2) is 6.29. The van der Waals surface area contributed by atoms with Crippen molar-refractivity contribution in [2.24, 2.45) is 0 Å². The minimum absolute atomic E-state index is 0.0112. The Morgan fingerprint density at radius 3 is 2.45 bits per heavy atom. The highest BCUT2D eigenvalue weighted by Crippen LogP contribution is 2.26. The minimum atomic E-state index is -0.922. The molecule has 1 nitrogen and oxygen atoms in total. The van der Waals surface area contributed by atoms with Crippen LogP contribution in [0.15, 0.2) is 36.4 Å². The van der Waals surface area contributed by atoms with Crippen LogP contribution >= 0.6 is 11.6 Å². The molecule has 0 aliphatic rings. The van der Waals surface area contributed by atoms with Crippen molar-refractivity contribution in [1.82, 2.24) is 5.32 Å². The number of rotatable bonds is 4. The first-order chi connectivity index (χ1) is 9.54. The van der Waals surface area contributed by atoms with Crippen molar-refractivity contribution >= 4 is 11.6 Å². The molecule has 0 saturated heterocycles. The first-order valence-corrected chi connectivity index (χ1v) is 6.46. The summed E-state index contributed by atoms with van der Waals surface area (Å²) in [4.78, 5) is 0. The van der Waals surface area contributed by atoms with Crippen molar-refractivity contribution in [3.05, 3.63) is 70.0 Å². The van der Waals surface area contributed by atoms with E-state index in [1.807, 2.05) is 0 Å². The van der Waals surface area contributed by atoms with E-state index >= 15 is 0 Å². The third kappa shape index (κ3) is 2.97. The first kappa shape index (κ1) is 14.9. The van der Waals surface area contributed by atoms with Crippen LogP contribution in [-0.2, 0) is 6.42 Å². The van der Waals surface area contributed by atoms with Gasteiger partial charge in [0.05, 0.1) is 5.02 Å². The quantitative estimate of drug-likeness (QED) is 0.889. The third-order valence-electron chi connectivity index (χ3n) is 3.16. The van der Waals surface area contributed by atoms with Gasteiger partial charge in [-0.1, -0.05) is 35.9 Å². The SMILES string of the molecule is CNC(Cc1cccc(Cl)c1F)c1cccc(F)c1F. The number of benzene rings is 2. The lowest BCUT2D eigenvalue weighted by Gasteiger charge is -2.18. The molecule has 0 bridgehead atoms. The van der Waals surface area contributed by atoms with Crippen LogP contribution < -0.4 is 5.32 Å². The zero-order valence-electron chi connectivity index (χ0n) is 10.8. The standard InChI is InChI=1S/C15H13ClF3N/c1-20-13(10-5-3-7-12(17)15(10)19)8-9-4-2-6-11(16)14(9)18/h2-7,13,20H,8H2,1H3. The van der Waals surface area contributed by atoms with Crippen molar-refractivity contribution in [3.63, 3.8) is 0 Å². The highest BCUT2D eigenvalue weighted by molar-refractivity contribution is 6.30. The molecule has 1 atom stereocenters. The summed E-state index contributed by atoms with van der Waals surface area (Å²) in [5.74, 6) is -2.38. The largest absolute Gasteiger partial charge is 0.313 e. The normalized spacial score (nSPS) is 12.4. The summed E-state index contributed by atoms with van der Waals surface area (Å²) in [6, 6.07) is 8.04. The zero-order valence-corrected chi connectivity index (χ0v) is 11.5. The van der Waals surface area contributed by atoms with E-state index in [1.54, 1.807) is 19.2 Å². The Morgan fingerprint density at radius 1 is 1.05 bits per heavy atom. The molecule has 106 valence electrons. The summed E-state index contributed by atoms with van der Waals surface area (Å²) in [5.41, 5.74) is 0.507. The fourth-order valence-corrected chi connectivity index (χ4v) is 2.28. The predicted octanol–water partition coefficient (Wildman–Crippen LogP) is 4.26. The van der Waals surface area contributed by atoms with E-state index in [1.165, 1.54) is 18.2 Å². The van der Waals surface area contributed by atoms with Crippen molar-refractivity contribution in [2.45, 2.75) is 12.5 Å². The Kier molecular flexibility index (Phi) is 4.68. The van der Waals surface area contributed by atoms with Gasteiger partial charge in [-0.2, -0.15) is 0 Å². The van der Waals surface area contributed by atoms with Crippen LogP contribution in [0.5, 0.6) is 0 Å². The third-order valence-corrected chi connectivity index (χ3v) is 3.45. The molecule has 0 saturated carbocycles. The number of halogens is 4. The number of likely N-dealkylation sites (N-methyl/N-ethyl adjacent to an activating group) is 1. The minimum Gasteiger partial charge on any atom is -0.313 e. The summed E-state index contributed by atoms with van der Waals surface area (Å²) in [6.07, 6.45) is 0.170. The number of hydrogen-bond acceptors (Lipinski definition) is 1. The molecule has 0 heterocycles. The van der Waals surface area contributed by atoms with Gasteiger partial charge in [0.1, 0.15) is 5.82 Å². The lowest BCUT2D eigenvalue weighted by atomic mass is 9.98. The molecule has 0 aliphatic heterocycles. The van der Waals surface area contributed by atoms with Crippen molar-refractivity contribution in [1.29, 1.82) is 0 Å². The van der Waals surface area contributed by atoms with E-state index in [4.69, 9.17) is 11.6 Å². The average molecular weight is 300 g/mol. The maximum atomic E-state index is 13.9. The molecule has 0 fully saturated rings. The smallest absolute Gasteiger partial charge is 0.163 e. The maximum absolute atomic E-state index is 13.9. The Balaban J connectivity index is 2.34. The van der Waals surface area contributed by atoms with Gasteiger partial charge in [0, 0.05) is 11.6 Å². The van der Waals surface area contributed by atoms with Crippen LogP contribution in [0.3, 0.4) is 0 Å². The second-order valence-electron chi connectivity index (χ2n) is 4.40. The molecular formula is C15H13ClF3N. The Hall–Kier alpha value is -1.52. The lowest BCUT2D eigenvalue weighted by molar-refractivity contribution is 0.470. The van der Waals surface area contributed by atoms with Gasteiger partial charge in [-0.15, -0.1) is 0 Å². The van der Waals surface area contributed by atoms with Gasteiger partial charge in [0.15, 0.2) is 11.6 Å². The van der Waals surface area contributed by atoms with Gasteiger partial charge in [0.25, 0.3) is 0 Å². The molecular weight excluding hydrogens is 287 g/mol. The van der Waals surface area contributed by atoms with Gasteiger partial charge in [-0.3, -0.25) is 0 Å². The van der Waals surface area contributed by atoms with Crippen LogP contribution in [0, 0.1) is 17.5 Å². The molecule has 0 amide bonds. The van der Waals surface area contributed by atoms with E-state index in [9.17, 15) is 13.2 Å². The molecule has 0 radical (unpaired) electrons. The highest BCUT2D eigenvalue weighted by Gasteiger charge is 2.19.